The van der Waals surface area contributed by atoms with Crippen LogP contribution < -0.4 is 0 Å². The van der Waals surface area contributed by atoms with Crippen LogP contribution in [-0.4, -0.2) is 27.4 Å². The molecule has 2 aromatic rings. The zero-order valence-corrected chi connectivity index (χ0v) is 14.6. The summed E-state index contributed by atoms with van der Waals surface area (Å²) in [6.07, 6.45) is -6.73. The standard InChI is InChI=1S/C9H8F3NO3.C8H7NO3/c1-5-4-6(8(14)9(10,11)12)2-3-7(5)13(15)16;1-6-4-7(5-10)2-3-8(6)9(11)12/h2-4,8,14H,1H3;2-5H,1H3. The Hall–Kier alpha value is -3.34. The first kappa shape index (κ1) is 22.7. The van der Waals surface area contributed by atoms with Gasteiger partial charge in [-0.1, -0.05) is 0 Å². The smallest absolute Gasteiger partial charge is 0.379 e. The molecule has 1 N–H and O–H groups in total. The highest BCUT2D eigenvalue weighted by Crippen LogP contribution is 2.34. The largest absolute Gasteiger partial charge is 0.418 e. The second-order valence-electron chi connectivity index (χ2n) is 5.67. The Morgan fingerprint density at radius 1 is 0.964 bits per heavy atom. The van der Waals surface area contributed by atoms with Crippen molar-refractivity contribution in [2.45, 2.75) is 26.1 Å². The molecule has 0 aromatic heterocycles. The molecule has 1 unspecified atom stereocenters. The summed E-state index contributed by atoms with van der Waals surface area (Å²) in [5.74, 6) is 0. The molecule has 0 aliphatic heterocycles. The molecule has 11 heteroatoms. The van der Waals surface area contributed by atoms with Gasteiger partial charge in [-0.2, -0.15) is 13.2 Å². The van der Waals surface area contributed by atoms with Gasteiger partial charge in [0, 0.05) is 28.8 Å². The monoisotopic (exact) mass is 400 g/mol. The molecule has 0 heterocycles. The van der Waals surface area contributed by atoms with Crippen LogP contribution in [0.1, 0.15) is 33.2 Å². The van der Waals surface area contributed by atoms with E-state index in [-0.39, 0.29) is 16.9 Å². The number of aldehydes is 1. The minimum atomic E-state index is -4.78. The molecule has 0 saturated carbocycles. The number of aliphatic hydroxyl groups excluding tert-OH is 1. The van der Waals surface area contributed by atoms with E-state index in [0.29, 0.717) is 17.4 Å². The van der Waals surface area contributed by atoms with Gasteiger partial charge in [-0.25, -0.2) is 0 Å². The number of hydrogen-bond donors (Lipinski definition) is 1. The Kier molecular flexibility index (Phi) is 7.33. The number of carbonyl (C=O) groups excluding carboxylic acids is 1. The fourth-order valence-corrected chi connectivity index (χ4v) is 2.20. The number of nitro benzene ring substituents is 2. The molecule has 0 radical (unpaired) electrons. The lowest BCUT2D eigenvalue weighted by molar-refractivity contribution is -0.385. The number of nitro groups is 2. The van der Waals surface area contributed by atoms with Crippen LogP contribution in [0.5, 0.6) is 0 Å². The summed E-state index contributed by atoms with van der Waals surface area (Å²) in [4.78, 5) is 29.9. The summed E-state index contributed by atoms with van der Waals surface area (Å²) in [6.45, 7) is 2.91. The van der Waals surface area contributed by atoms with Crippen LogP contribution in [0.4, 0.5) is 24.5 Å². The molecule has 0 aliphatic carbocycles. The van der Waals surface area contributed by atoms with Gasteiger partial charge in [0.25, 0.3) is 11.4 Å². The number of nitrogens with zero attached hydrogens (tertiary/aromatic N) is 2. The van der Waals surface area contributed by atoms with Gasteiger partial charge < -0.3 is 5.11 Å². The Morgan fingerprint density at radius 3 is 1.79 bits per heavy atom. The Balaban J connectivity index is 0.000000292. The van der Waals surface area contributed by atoms with Crippen molar-refractivity contribution in [1.29, 1.82) is 0 Å². The van der Waals surface area contributed by atoms with E-state index >= 15 is 0 Å². The van der Waals surface area contributed by atoms with Crippen LogP contribution in [0.25, 0.3) is 0 Å². The number of halogens is 3. The zero-order valence-electron chi connectivity index (χ0n) is 14.6. The van der Waals surface area contributed by atoms with Crippen LogP contribution in [0.15, 0.2) is 36.4 Å². The molecule has 2 rings (SSSR count). The van der Waals surface area contributed by atoms with E-state index in [1.807, 2.05) is 0 Å². The van der Waals surface area contributed by atoms with Crippen molar-refractivity contribution in [3.8, 4) is 0 Å². The number of rotatable bonds is 4. The van der Waals surface area contributed by atoms with E-state index in [4.69, 9.17) is 5.11 Å². The van der Waals surface area contributed by atoms with Crippen LogP contribution >= 0.6 is 0 Å². The predicted molar refractivity (Wildman–Crippen MR) is 92.1 cm³/mol. The van der Waals surface area contributed by atoms with Crippen molar-refractivity contribution >= 4 is 17.7 Å². The Morgan fingerprint density at radius 2 is 1.43 bits per heavy atom. The highest BCUT2D eigenvalue weighted by atomic mass is 19.4. The minimum absolute atomic E-state index is 0.0422. The minimum Gasteiger partial charge on any atom is -0.379 e. The third-order valence-corrected chi connectivity index (χ3v) is 3.60. The first-order chi connectivity index (χ1) is 12.9. The second kappa shape index (κ2) is 9.04. The molecule has 0 bridgehead atoms. The molecule has 8 nitrogen and oxygen atoms in total. The van der Waals surface area contributed by atoms with E-state index in [0.717, 1.165) is 18.2 Å². The van der Waals surface area contributed by atoms with E-state index < -0.39 is 27.7 Å². The quantitative estimate of drug-likeness (QED) is 0.466. The van der Waals surface area contributed by atoms with Gasteiger partial charge >= 0.3 is 6.18 Å². The van der Waals surface area contributed by atoms with Crippen molar-refractivity contribution in [2.24, 2.45) is 0 Å². The van der Waals surface area contributed by atoms with E-state index in [1.54, 1.807) is 6.92 Å². The maximum absolute atomic E-state index is 12.1. The molecule has 0 spiro atoms. The lowest BCUT2D eigenvalue weighted by Crippen LogP contribution is -2.20. The fraction of sp³-hybridized carbons (Fsp3) is 0.235. The van der Waals surface area contributed by atoms with Crippen molar-refractivity contribution < 1.29 is 32.9 Å². The normalized spacial score (nSPS) is 11.8. The summed E-state index contributed by atoms with van der Waals surface area (Å²) in [6, 6.07) is 7.04. The van der Waals surface area contributed by atoms with E-state index in [1.165, 1.54) is 25.1 Å². The third kappa shape index (κ3) is 5.84. The van der Waals surface area contributed by atoms with Crippen molar-refractivity contribution in [1.82, 2.24) is 0 Å². The highest BCUT2D eigenvalue weighted by Gasteiger charge is 2.39. The molecule has 0 fully saturated rings. The maximum atomic E-state index is 12.1. The first-order valence-electron chi connectivity index (χ1n) is 7.58. The molecular formula is C17H15F3N2O6. The molecule has 2 aromatic carbocycles. The average Bonchev–Trinajstić information content (AvgIpc) is 2.59. The number of aliphatic hydroxyl groups is 1. The zero-order chi connectivity index (χ0) is 21.6. The van der Waals surface area contributed by atoms with Crippen LogP contribution in [-0.2, 0) is 0 Å². The number of alkyl halides is 3. The SMILES string of the molecule is Cc1cc(C(O)C(F)(F)F)ccc1[N+](=O)[O-].Cc1cc(C=O)ccc1[N+](=O)[O-]. The third-order valence-electron chi connectivity index (χ3n) is 3.60. The lowest BCUT2D eigenvalue weighted by atomic mass is 10.1. The van der Waals surface area contributed by atoms with Crippen molar-refractivity contribution in [3.63, 3.8) is 0 Å². The first-order valence-corrected chi connectivity index (χ1v) is 7.58. The van der Waals surface area contributed by atoms with Gasteiger partial charge in [0.1, 0.15) is 6.29 Å². The molecular weight excluding hydrogens is 385 g/mol. The number of hydrogen-bond acceptors (Lipinski definition) is 6. The van der Waals surface area contributed by atoms with Crippen LogP contribution in [0.3, 0.4) is 0 Å². The second-order valence-corrected chi connectivity index (χ2v) is 5.67. The number of benzene rings is 2. The van der Waals surface area contributed by atoms with E-state index in [2.05, 4.69) is 0 Å². The highest BCUT2D eigenvalue weighted by molar-refractivity contribution is 5.76. The average molecular weight is 400 g/mol. The summed E-state index contributed by atoms with van der Waals surface area (Å²) in [5, 5.41) is 29.7. The predicted octanol–water partition coefficient (Wildman–Crippen LogP) is 4.21. The summed E-state index contributed by atoms with van der Waals surface area (Å²) >= 11 is 0. The van der Waals surface area contributed by atoms with Gasteiger partial charge in [-0.05, 0) is 43.7 Å². The molecule has 1 atom stereocenters. The number of aryl methyl sites for hydroxylation is 2. The molecule has 150 valence electrons. The van der Waals surface area contributed by atoms with Crippen LogP contribution in [0.2, 0.25) is 0 Å². The lowest BCUT2D eigenvalue weighted by Gasteiger charge is -2.14. The van der Waals surface area contributed by atoms with Gasteiger partial charge in [-0.15, -0.1) is 0 Å². The summed E-state index contributed by atoms with van der Waals surface area (Å²) in [7, 11) is 0. The molecule has 0 aliphatic rings. The van der Waals surface area contributed by atoms with Gasteiger partial charge in [0.15, 0.2) is 6.10 Å². The van der Waals surface area contributed by atoms with Gasteiger partial charge in [0.05, 0.1) is 9.85 Å². The maximum Gasteiger partial charge on any atom is 0.418 e. The van der Waals surface area contributed by atoms with Crippen molar-refractivity contribution in [2.75, 3.05) is 0 Å². The Bertz CT molecular complexity index is 899. The molecule has 28 heavy (non-hydrogen) atoms. The topological polar surface area (TPSA) is 124 Å². The van der Waals surface area contributed by atoms with Crippen molar-refractivity contribution in [3.05, 3.63) is 78.9 Å². The fourth-order valence-electron chi connectivity index (χ4n) is 2.20. The Labute approximate surface area is 156 Å². The number of carbonyl (C=O) groups is 1. The summed E-state index contributed by atoms with van der Waals surface area (Å²) < 4.78 is 36.4. The van der Waals surface area contributed by atoms with Crippen LogP contribution in [0, 0.1) is 34.1 Å². The summed E-state index contributed by atoms with van der Waals surface area (Å²) in [5.41, 5.74) is 0.392. The molecule has 0 amide bonds. The molecule has 0 saturated heterocycles. The van der Waals surface area contributed by atoms with Gasteiger partial charge in [0.2, 0.25) is 0 Å². The van der Waals surface area contributed by atoms with E-state index in [9.17, 15) is 38.2 Å². The van der Waals surface area contributed by atoms with Gasteiger partial charge in [-0.3, -0.25) is 25.0 Å².